The Labute approximate surface area is 129 Å². The third-order valence-corrected chi connectivity index (χ3v) is 4.22. The molecule has 3 N–H and O–H groups in total. The van der Waals surface area contributed by atoms with E-state index in [0.717, 1.165) is 19.3 Å². The summed E-state index contributed by atoms with van der Waals surface area (Å²) in [5, 5.41) is 3.48. The lowest BCUT2D eigenvalue weighted by molar-refractivity contribution is -0.120. The van der Waals surface area contributed by atoms with Crippen LogP contribution in [0.4, 0.5) is 11.4 Å². The Morgan fingerprint density at radius 3 is 2.71 bits per heavy atom. The predicted octanol–water partition coefficient (Wildman–Crippen LogP) is 3.67. The highest BCUT2D eigenvalue weighted by Crippen LogP contribution is 2.28. The monoisotopic (exact) mass is 300 g/mol. The number of anilines is 2. The molecule has 0 saturated carbocycles. The van der Waals surface area contributed by atoms with Gasteiger partial charge in [-0.15, -0.1) is 0 Å². The van der Waals surface area contributed by atoms with Crippen molar-refractivity contribution >= 4 is 28.9 Å². The summed E-state index contributed by atoms with van der Waals surface area (Å²) < 4.78 is 0. The van der Waals surface area contributed by atoms with Crippen LogP contribution in [0.15, 0.2) is 42.5 Å². The SMILES string of the molecule is Nc1cc(Cl)ccc1NC(=O)C1CCc2ccccc2C1. The van der Waals surface area contributed by atoms with E-state index in [1.54, 1.807) is 18.2 Å². The lowest BCUT2D eigenvalue weighted by atomic mass is 9.83. The molecule has 0 spiro atoms. The number of aryl methyl sites for hydroxylation is 1. The van der Waals surface area contributed by atoms with Crippen molar-refractivity contribution in [2.45, 2.75) is 19.3 Å². The number of hydrogen-bond donors (Lipinski definition) is 2. The summed E-state index contributed by atoms with van der Waals surface area (Å²) in [7, 11) is 0. The number of hydrogen-bond acceptors (Lipinski definition) is 2. The van der Waals surface area contributed by atoms with Gasteiger partial charge in [-0.05, 0) is 48.6 Å². The Balaban J connectivity index is 1.72. The topological polar surface area (TPSA) is 55.1 Å². The summed E-state index contributed by atoms with van der Waals surface area (Å²) in [6, 6.07) is 13.4. The standard InChI is InChI=1S/C17H17ClN2O/c18-14-7-8-16(15(19)10-14)20-17(21)13-6-5-11-3-1-2-4-12(11)9-13/h1-4,7-8,10,13H,5-6,9,19H2,(H,20,21). The molecule has 0 aromatic heterocycles. The number of nitrogens with one attached hydrogen (secondary N) is 1. The maximum atomic E-state index is 12.4. The smallest absolute Gasteiger partial charge is 0.227 e. The van der Waals surface area contributed by atoms with Gasteiger partial charge in [-0.25, -0.2) is 0 Å². The second-order valence-electron chi connectivity index (χ2n) is 5.43. The van der Waals surface area contributed by atoms with Crippen LogP contribution in [-0.2, 0) is 17.6 Å². The number of carbonyl (C=O) groups excluding carboxylic acids is 1. The van der Waals surface area contributed by atoms with Crippen molar-refractivity contribution in [3.63, 3.8) is 0 Å². The highest BCUT2D eigenvalue weighted by atomic mass is 35.5. The van der Waals surface area contributed by atoms with Gasteiger partial charge in [-0.1, -0.05) is 35.9 Å². The van der Waals surface area contributed by atoms with Crippen LogP contribution < -0.4 is 11.1 Å². The fourth-order valence-electron chi connectivity index (χ4n) is 2.80. The molecule has 1 unspecified atom stereocenters. The van der Waals surface area contributed by atoms with Gasteiger partial charge >= 0.3 is 0 Å². The number of benzene rings is 2. The quantitative estimate of drug-likeness (QED) is 0.832. The number of rotatable bonds is 2. The predicted molar refractivity (Wildman–Crippen MR) is 86.5 cm³/mol. The fraction of sp³-hybridized carbons (Fsp3) is 0.235. The van der Waals surface area contributed by atoms with Crippen molar-refractivity contribution in [2.75, 3.05) is 11.1 Å². The lowest BCUT2D eigenvalue weighted by Gasteiger charge is -2.24. The minimum absolute atomic E-state index is 0.00465. The summed E-state index contributed by atoms with van der Waals surface area (Å²) >= 11 is 5.87. The van der Waals surface area contributed by atoms with Crippen molar-refractivity contribution in [1.29, 1.82) is 0 Å². The normalized spacial score (nSPS) is 17.1. The zero-order chi connectivity index (χ0) is 14.8. The van der Waals surface area contributed by atoms with E-state index < -0.39 is 0 Å². The number of amides is 1. The minimum Gasteiger partial charge on any atom is -0.397 e. The van der Waals surface area contributed by atoms with Crippen molar-refractivity contribution < 1.29 is 4.79 Å². The molecular formula is C17H17ClN2O. The molecule has 2 aromatic rings. The molecular weight excluding hydrogens is 284 g/mol. The van der Waals surface area contributed by atoms with E-state index in [1.807, 2.05) is 12.1 Å². The zero-order valence-electron chi connectivity index (χ0n) is 11.6. The first-order chi connectivity index (χ1) is 10.1. The first-order valence-corrected chi connectivity index (χ1v) is 7.44. The average Bonchev–Trinajstić information content (AvgIpc) is 2.49. The van der Waals surface area contributed by atoms with E-state index in [0.29, 0.717) is 16.4 Å². The molecule has 21 heavy (non-hydrogen) atoms. The molecule has 0 fully saturated rings. The number of fused-ring (bicyclic) bond motifs is 1. The number of halogens is 1. The number of carbonyl (C=O) groups is 1. The Hall–Kier alpha value is -2.00. The van der Waals surface area contributed by atoms with Crippen LogP contribution in [0.3, 0.4) is 0 Å². The van der Waals surface area contributed by atoms with Crippen LogP contribution in [0.5, 0.6) is 0 Å². The van der Waals surface area contributed by atoms with Crippen molar-refractivity contribution in [2.24, 2.45) is 5.92 Å². The minimum atomic E-state index is -0.00465. The van der Waals surface area contributed by atoms with Crippen LogP contribution in [0.2, 0.25) is 5.02 Å². The van der Waals surface area contributed by atoms with Gasteiger partial charge in [0.05, 0.1) is 11.4 Å². The molecule has 1 aliphatic carbocycles. The van der Waals surface area contributed by atoms with Gasteiger partial charge in [-0.3, -0.25) is 4.79 Å². The second kappa shape index (κ2) is 5.78. The first-order valence-electron chi connectivity index (χ1n) is 7.06. The summed E-state index contributed by atoms with van der Waals surface area (Å²) in [6.07, 6.45) is 2.61. The molecule has 4 heteroatoms. The molecule has 1 amide bonds. The molecule has 3 nitrogen and oxygen atoms in total. The largest absolute Gasteiger partial charge is 0.397 e. The lowest BCUT2D eigenvalue weighted by Crippen LogP contribution is -2.28. The Kier molecular flexibility index (Phi) is 3.84. The van der Waals surface area contributed by atoms with Gasteiger partial charge in [0, 0.05) is 10.9 Å². The molecule has 3 rings (SSSR count). The molecule has 0 bridgehead atoms. The van der Waals surface area contributed by atoms with Crippen LogP contribution in [-0.4, -0.2) is 5.91 Å². The number of nitrogen functional groups attached to an aromatic ring is 1. The Morgan fingerprint density at radius 1 is 1.19 bits per heavy atom. The summed E-state index contributed by atoms with van der Waals surface area (Å²) in [5.74, 6) is 0.0218. The molecule has 0 heterocycles. The first kappa shape index (κ1) is 14.0. The fourth-order valence-corrected chi connectivity index (χ4v) is 2.98. The van der Waals surface area contributed by atoms with Crippen molar-refractivity contribution in [3.8, 4) is 0 Å². The average molecular weight is 301 g/mol. The van der Waals surface area contributed by atoms with Crippen LogP contribution >= 0.6 is 11.6 Å². The Morgan fingerprint density at radius 2 is 1.95 bits per heavy atom. The van der Waals surface area contributed by atoms with Gasteiger partial charge in [0.1, 0.15) is 0 Å². The Bertz CT molecular complexity index is 684. The molecule has 0 saturated heterocycles. The third-order valence-electron chi connectivity index (χ3n) is 3.99. The molecule has 2 aromatic carbocycles. The van der Waals surface area contributed by atoms with Gasteiger partial charge in [-0.2, -0.15) is 0 Å². The van der Waals surface area contributed by atoms with Crippen molar-refractivity contribution in [1.82, 2.24) is 0 Å². The molecule has 0 radical (unpaired) electrons. The maximum Gasteiger partial charge on any atom is 0.227 e. The van der Waals surface area contributed by atoms with E-state index in [1.165, 1.54) is 11.1 Å². The van der Waals surface area contributed by atoms with E-state index in [-0.39, 0.29) is 11.8 Å². The van der Waals surface area contributed by atoms with E-state index >= 15 is 0 Å². The highest BCUT2D eigenvalue weighted by Gasteiger charge is 2.24. The maximum absolute atomic E-state index is 12.4. The van der Waals surface area contributed by atoms with Crippen LogP contribution in [0.1, 0.15) is 17.5 Å². The molecule has 0 aliphatic heterocycles. The third kappa shape index (κ3) is 3.03. The van der Waals surface area contributed by atoms with Crippen LogP contribution in [0.25, 0.3) is 0 Å². The highest BCUT2D eigenvalue weighted by molar-refractivity contribution is 6.31. The summed E-state index contributed by atoms with van der Waals surface area (Å²) in [5.41, 5.74) is 9.62. The van der Waals surface area contributed by atoms with E-state index in [9.17, 15) is 4.79 Å². The van der Waals surface area contributed by atoms with E-state index in [4.69, 9.17) is 17.3 Å². The van der Waals surface area contributed by atoms with Gasteiger partial charge in [0.25, 0.3) is 0 Å². The number of nitrogens with two attached hydrogens (primary N) is 1. The summed E-state index contributed by atoms with van der Waals surface area (Å²) in [6.45, 7) is 0. The molecule has 1 atom stereocenters. The zero-order valence-corrected chi connectivity index (χ0v) is 12.4. The van der Waals surface area contributed by atoms with Gasteiger partial charge in [0.15, 0.2) is 0 Å². The van der Waals surface area contributed by atoms with Gasteiger partial charge < -0.3 is 11.1 Å². The summed E-state index contributed by atoms with van der Waals surface area (Å²) in [4.78, 5) is 12.4. The second-order valence-corrected chi connectivity index (χ2v) is 5.87. The van der Waals surface area contributed by atoms with E-state index in [2.05, 4.69) is 17.4 Å². The molecule has 1 aliphatic rings. The van der Waals surface area contributed by atoms with Crippen molar-refractivity contribution in [3.05, 3.63) is 58.6 Å². The van der Waals surface area contributed by atoms with Gasteiger partial charge in [0.2, 0.25) is 5.91 Å². The van der Waals surface area contributed by atoms with Crippen LogP contribution in [0, 0.1) is 5.92 Å². The molecule has 108 valence electrons.